The van der Waals surface area contributed by atoms with Crippen LogP contribution < -0.4 is 15.3 Å². The van der Waals surface area contributed by atoms with Crippen LogP contribution in [0, 0.1) is 13.8 Å². The van der Waals surface area contributed by atoms with Crippen LogP contribution in [0.15, 0.2) is 122 Å². The number of ether oxygens (including phenoxy) is 2. The van der Waals surface area contributed by atoms with E-state index in [2.05, 4.69) is 99.9 Å². The third kappa shape index (κ3) is 7.71. The average Bonchev–Trinajstić information content (AvgIpc) is 3.95. The number of carbonyl (C=O) groups is 1. The molecule has 13 heteroatoms. The molecule has 1 unspecified atom stereocenters. The summed E-state index contributed by atoms with van der Waals surface area (Å²) in [7, 11) is -3.31. The van der Waals surface area contributed by atoms with Gasteiger partial charge in [0.15, 0.2) is 17.0 Å². The molecule has 4 atom stereocenters. The molecule has 1 aliphatic carbocycles. The molecular formula is C45H47N6O5PS. The highest BCUT2D eigenvalue weighted by molar-refractivity contribution is 8.59. The number of hydrogen-bond acceptors (Lipinski definition) is 10. The van der Waals surface area contributed by atoms with E-state index in [1.807, 2.05) is 41.0 Å². The van der Waals surface area contributed by atoms with Crippen molar-refractivity contribution in [1.82, 2.24) is 24.6 Å². The SMILES string of the molecule is Cc1ccc(C(OC[C@H]2O[C@@H](n3cnc4c(NC(=O)c5ccccc5)ncnc43)C[C@@H]2N[P+]2([O-])OCC3(CCCCC3)S2)(c2ccccc2)c2ccc(C)cc2)cc1. The van der Waals surface area contributed by atoms with Gasteiger partial charge in [0.2, 0.25) is 7.07 Å². The van der Waals surface area contributed by atoms with E-state index in [-0.39, 0.29) is 17.3 Å². The van der Waals surface area contributed by atoms with Gasteiger partial charge in [0.25, 0.3) is 5.91 Å². The van der Waals surface area contributed by atoms with Crippen molar-refractivity contribution in [2.75, 3.05) is 18.5 Å². The van der Waals surface area contributed by atoms with Crippen LogP contribution >= 0.6 is 18.5 Å². The van der Waals surface area contributed by atoms with Crippen LogP contribution in [-0.4, -0.2) is 55.5 Å². The molecule has 1 spiro atoms. The fourth-order valence-corrected chi connectivity index (χ4v) is 14.1. The quantitative estimate of drug-likeness (QED) is 0.0969. The number of benzene rings is 4. The molecule has 2 saturated heterocycles. The first kappa shape index (κ1) is 39.0. The maximum absolute atomic E-state index is 14.6. The van der Waals surface area contributed by atoms with Gasteiger partial charge in [-0.1, -0.05) is 127 Å². The third-order valence-electron chi connectivity index (χ3n) is 11.6. The fourth-order valence-electron chi connectivity index (χ4n) is 8.53. The Hall–Kier alpha value is -4.52. The van der Waals surface area contributed by atoms with E-state index in [4.69, 9.17) is 14.0 Å². The second-order valence-corrected chi connectivity index (χ2v) is 20.2. The topological polar surface area (TPSA) is 135 Å². The summed E-state index contributed by atoms with van der Waals surface area (Å²) in [6.45, 7) is 4.78. The number of fused-ring (bicyclic) bond motifs is 1. The van der Waals surface area contributed by atoms with E-state index >= 15 is 0 Å². The first-order valence-electron chi connectivity index (χ1n) is 20.0. The minimum atomic E-state index is -3.31. The Morgan fingerprint density at radius 3 is 2.19 bits per heavy atom. The van der Waals surface area contributed by atoms with Crippen molar-refractivity contribution in [1.29, 1.82) is 0 Å². The molecule has 2 N–H and O–H groups in total. The predicted molar refractivity (Wildman–Crippen MR) is 226 cm³/mol. The number of imidazole rings is 1. The maximum atomic E-state index is 14.6. The number of aryl methyl sites for hydroxylation is 2. The second-order valence-electron chi connectivity index (χ2n) is 15.7. The Morgan fingerprint density at radius 2 is 1.52 bits per heavy atom. The van der Waals surface area contributed by atoms with E-state index in [0.717, 1.165) is 53.5 Å². The van der Waals surface area contributed by atoms with E-state index in [1.54, 1.807) is 18.5 Å². The summed E-state index contributed by atoms with van der Waals surface area (Å²) >= 11 is 1.49. The van der Waals surface area contributed by atoms with Gasteiger partial charge in [0.1, 0.15) is 30.9 Å². The number of carbonyl (C=O) groups excluding carboxylic acids is 1. The monoisotopic (exact) mass is 814 g/mol. The zero-order valence-electron chi connectivity index (χ0n) is 32.6. The summed E-state index contributed by atoms with van der Waals surface area (Å²) in [5, 5.41) is 6.41. The molecule has 58 heavy (non-hydrogen) atoms. The summed E-state index contributed by atoms with van der Waals surface area (Å²) in [5.74, 6) is -0.000667. The molecule has 0 radical (unpaired) electrons. The normalized spacial score (nSPS) is 23.1. The van der Waals surface area contributed by atoms with Crippen molar-refractivity contribution in [3.8, 4) is 0 Å². The average molecular weight is 815 g/mol. The van der Waals surface area contributed by atoms with Crippen LogP contribution in [0.2, 0.25) is 0 Å². The van der Waals surface area contributed by atoms with Crippen molar-refractivity contribution in [3.05, 3.63) is 155 Å². The lowest BCUT2D eigenvalue weighted by Gasteiger charge is -2.37. The minimum Gasteiger partial charge on any atom is -0.632 e. The number of hydrogen-bond donors (Lipinski definition) is 2. The Bertz CT molecular complexity index is 2320. The lowest BCUT2D eigenvalue weighted by molar-refractivity contribution is -0.188. The van der Waals surface area contributed by atoms with Gasteiger partial charge in [-0.15, -0.1) is 0 Å². The van der Waals surface area contributed by atoms with E-state index < -0.39 is 31.0 Å². The maximum Gasteiger partial charge on any atom is 0.256 e. The van der Waals surface area contributed by atoms with Gasteiger partial charge >= 0.3 is 0 Å². The van der Waals surface area contributed by atoms with Gasteiger partial charge in [0.05, 0.1) is 35.1 Å². The highest BCUT2D eigenvalue weighted by Crippen LogP contribution is 2.73. The molecule has 4 aromatic carbocycles. The molecule has 3 aliphatic rings. The summed E-state index contributed by atoms with van der Waals surface area (Å²) in [5.41, 5.74) is 5.68. The highest BCUT2D eigenvalue weighted by Gasteiger charge is 2.56. The molecule has 0 bridgehead atoms. The van der Waals surface area contributed by atoms with E-state index in [0.29, 0.717) is 35.6 Å². The third-order valence-corrected chi connectivity index (χ3v) is 16.4. The molecule has 2 aromatic heterocycles. The Balaban J connectivity index is 1.06. The van der Waals surface area contributed by atoms with Gasteiger partial charge in [-0.05, 0) is 55.5 Å². The zero-order valence-corrected chi connectivity index (χ0v) is 34.3. The summed E-state index contributed by atoms with van der Waals surface area (Å²) < 4.78 is 22.3. The molecule has 298 valence electrons. The number of nitrogens with zero attached hydrogens (tertiary/aromatic N) is 4. The van der Waals surface area contributed by atoms with Crippen molar-refractivity contribution in [2.45, 2.75) is 81.1 Å². The summed E-state index contributed by atoms with van der Waals surface area (Å²) in [4.78, 5) is 41.4. The van der Waals surface area contributed by atoms with Gasteiger partial charge in [-0.2, -0.15) is 5.09 Å². The molecule has 1 saturated carbocycles. The summed E-state index contributed by atoms with van der Waals surface area (Å²) in [6.07, 6.45) is 7.81. The summed E-state index contributed by atoms with van der Waals surface area (Å²) in [6, 6.07) is 35.8. The van der Waals surface area contributed by atoms with Crippen LogP contribution in [0.4, 0.5) is 5.82 Å². The van der Waals surface area contributed by atoms with Crippen molar-refractivity contribution in [2.24, 2.45) is 0 Å². The molecular weight excluding hydrogens is 768 g/mol. The molecule has 9 rings (SSSR count). The van der Waals surface area contributed by atoms with Crippen molar-refractivity contribution < 1.29 is 23.7 Å². The molecule has 11 nitrogen and oxygen atoms in total. The number of nitrogens with one attached hydrogen (secondary N) is 2. The number of aromatic nitrogens is 4. The van der Waals surface area contributed by atoms with Crippen LogP contribution in [0.1, 0.15) is 82.9 Å². The Morgan fingerprint density at radius 1 is 0.879 bits per heavy atom. The van der Waals surface area contributed by atoms with E-state index in [1.165, 1.54) is 24.1 Å². The van der Waals surface area contributed by atoms with Gasteiger partial charge in [-0.25, -0.2) is 19.5 Å². The van der Waals surface area contributed by atoms with Crippen LogP contribution in [0.3, 0.4) is 0 Å². The van der Waals surface area contributed by atoms with Crippen molar-refractivity contribution >= 4 is 41.3 Å². The molecule has 2 aliphatic heterocycles. The van der Waals surface area contributed by atoms with Gasteiger partial charge in [-0.3, -0.25) is 9.36 Å². The molecule has 1 amide bonds. The number of anilines is 1. The Labute approximate surface area is 343 Å². The van der Waals surface area contributed by atoms with Gasteiger partial charge in [0, 0.05) is 12.0 Å². The second kappa shape index (κ2) is 16.3. The minimum absolute atomic E-state index is 0.136. The number of amides is 1. The van der Waals surface area contributed by atoms with Crippen LogP contribution in [0.5, 0.6) is 0 Å². The van der Waals surface area contributed by atoms with E-state index in [9.17, 15) is 9.69 Å². The lowest BCUT2D eigenvalue weighted by Crippen LogP contribution is -2.43. The largest absolute Gasteiger partial charge is 0.632 e. The first-order chi connectivity index (χ1) is 28.2. The van der Waals surface area contributed by atoms with Crippen LogP contribution in [-0.2, 0) is 19.6 Å². The zero-order chi connectivity index (χ0) is 39.7. The van der Waals surface area contributed by atoms with Gasteiger partial charge < -0.3 is 19.7 Å². The Kier molecular flexibility index (Phi) is 10.9. The van der Waals surface area contributed by atoms with Crippen molar-refractivity contribution in [3.63, 3.8) is 0 Å². The standard InChI is InChI=1S/C45H47N6O5PS/c1-31-16-20-35(21-17-31)45(34-14-8-4-9-15-34,36-22-18-32(2)19-23-36)54-27-38-37(50-57(53)55-28-44(58-57)24-10-5-11-25-44)26-39(56-38)51-30-48-40-41(46-29-47-42(40)51)49-43(52)33-12-6-3-7-13-33/h3-4,6-9,12-23,29-30,37-39H,5,10-11,24-28H2,1-2H3,(H,50,53)(H,46,47,49,52)/t37-,38+,39+,57?/m0/s1. The highest BCUT2D eigenvalue weighted by atomic mass is 32.7. The fraction of sp³-hybridized carbons (Fsp3) is 0.333. The molecule has 3 fully saturated rings. The lowest BCUT2D eigenvalue weighted by atomic mass is 9.79. The molecule has 6 aromatic rings. The first-order valence-corrected chi connectivity index (χ1v) is 23.0. The van der Waals surface area contributed by atoms with Crippen LogP contribution in [0.25, 0.3) is 11.2 Å². The predicted octanol–water partition coefficient (Wildman–Crippen LogP) is 8.45. The smallest absolute Gasteiger partial charge is 0.256 e. The number of rotatable bonds is 11. The molecule has 4 heterocycles.